The van der Waals surface area contributed by atoms with Gasteiger partial charge in [-0.05, 0) is 57.6 Å². The second kappa shape index (κ2) is 7.84. The van der Waals surface area contributed by atoms with Crippen LogP contribution in [-0.4, -0.2) is 53.2 Å². The normalized spacial score (nSPS) is 46.2. The fraction of sp³-hybridized carbons (Fsp3) is 0.731. The third-order valence-electron chi connectivity index (χ3n) is 9.34. The molecule has 1 N–H and O–H groups in total. The topological polar surface area (TPSA) is 89.9 Å². The molecule has 0 aromatic heterocycles. The standard InChI is InChI=1S/C26H35FO6/c1-6-32-14-22(31)26(33-16(3)28)15(2)11-20-19-8-7-17-12-18(29)9-10-23(17,4)25(19,27)21(30)13-24(20,26)5/h9-10,12,15,19-21,30H,6-8,11,13-14H2,1-5H3/t15-,19+,20+,21+,23+,24+,25+,26+/m1/s1. The van der Waals surface area contributed by atoms with Crippen molar-refractivity contribution >= 4 is 17.5 Å². The monoisotopic (exact) mass is 462 g/mol. The minimum Gasteiger partial charge on any atom is -0.450 e. The molecule has 0 unspecified atom stereocenters. The number of ketones is 2. The number of allylic oxidation sites excluding steroid dienone is 4. The van der Waals surface area contributed by atoms with E-state index >= 15 is 4.39 Å². The van der Waals surface area contributed by atoms with Gasteiger partial charge in [0.25, 0.3) is 0 Å². The molecule has 0 aliphatic heterocycles. The van der Waals surface area contributed by atoms with Crippen LogP contribution in [-0.2, 0) is 23.9 Å². The Morgan fingerprint density at radius 1 is 1.27 bits per heavy atom. The third kappa shape index (κ3) is 3.00. The first-order chi connectivity index (χ1) is 15.4. The summed E-state index contributed by atoms with van der Waals surface area (Å²) >= 11 is 0. The lowest BCUT2D eigenvalue weighted by molar-refractivity contribution is -0.228. The Kier molecular flexibility index (Phi) is 5.77. The average Bonchev–Trinajstić information content (AvgIpc) is 2.95. The lowest BCUT2D eigenvalue weighted by Gasteiger charge is -2.62. The second-order valence-electron chi connectivity index (χ2n) is 10.8. The highest BCUT2D eigenvalue weighted by Crippen LogP contribution is 2.71. The lowest BCUT2D eigenvalue weighted by atomic mass is 9.44. The van der Waals surface area contributed by atoms with Gasteiger partial charge in [-0.15, -0.1) is 0 Å². The van der Waals surface area contributed by atoms with Gasteiger partial charge in [-0.2, -0.15) is 0 Å². The van der Waals surface area contributed by atoms with Crippen molar-refractivity contribution in [1.82, 2.24) is 0 Å². The maximum Gasteiger partial charge on any atom is 0.303 e. The van der Waals surface area contributed by atoms with E-state index in [1.807, 2.05) is 13.8 Å². The quantitative estimate of drug-likeness (QED) is 0.629. The molecular formula is C26H35FO6. The van der Waals surface area contributed by atoms with Crippen LogP contribution in [0.2, 0.25) is 0 Å². The summed E-state index contributed by atoms with van der Waals surface area (Å²) in [6.45, 7) is 8.70. The maximum atomic E-state index is 17.2. The number of aliphatic hydroxyl groups excluding tert-OH is 1. The van der Waals surface area contributed by atoms with Gasteiger partial charge in [0.2, 0.25) is 5.78 Å². The van der Waals surface area contributed by atoms with E-state index in [9.17, 15) is 19.5 Å². The Bertz CT molecular complexity index is 941. The zero-order valence-electron chi connectivity index (χ0n) is 20.2. The molecule has 33 heavy (non-hydrogen) atoms. The number of fused-ring (bicyclic) bond motifs is 5. The minimum absolute atomic E-state index is 0.0230. The van der Waals surface area contributed by atoms with Gasteiger partial charge in [0.15, 0.2) is 17.1 Å². The first-order valence-electron chi connectivity index (χ1n) is 12.0. The van der Waals surface area contributed by atoms with E-state index in [-0.39, 0.29) is 36.4 Å². The Morgan fingerprint density at radius 3 is 2.61 bits per heavy atom. The number of hydrogen-bond acceptors (Lipinski definition) is 6. The summed E-state index contributed by atoms with van der Waals surface area (Å²) in [5.74, 6) is -2.26. The molecular weight excluding hydrogens is 427 g/mol. The van der Waals surface area contributed by atoms with E-state index in [1.165, 1.54) is 19.1 Å². The molecule has 4 aliphatic carbocycles. The molecule has 4 rings (SSSR count). The summed E-state index contributed by atoms with van der Waals surface area (Å²) in [5, 5.41) is 11.5. The maximum absolute atomic E-state index is 17.2. The molecule has 3 fully saturated rings. The van der Waals surface area contributed by atoms with Crippen LogP contribution in [0, 0.1) is 28.6 Å². The number of rotatable bonds is 5. The smallest absolute Gasteiger partial charge is 0.303 e. The van der Waals surface area contributed by atoms with E-state index in [0.717, 1.165) is 0 Å². The number of aliphatic hydroxyl groups is 1. The highest BCUT2D eigenvalue weighted by molar-refractivity contribution is 6.01. The average molecular weight is 463 g/mol. The van der Waals surface area contributed by atoms with Gasteiger partial charge in [0, 0.05) is 36.2 Å². The molecule has 0 aromatic rings. The number of Topliss-reactive ketones (excluding diaryl/α,β-unsaturated/α-hetero) is 1. The van der Waals surface area contributed by atoms with E-state index in [1.54, 1.807) is 19.9 Å². The van der Waals surface area contributed by atoms with E-state index < -0.39 is 40.1 Å². The fourth-order valence-electron chi connectivity index (χ4n) is 7.93. The van der Waals surface area contributed by atoms with Gasteiger partial charge in [-0.1, -0.05) is 25.5 Å². The highest BCUT2D eigenvalue weighted by Gasteiger charge is 2.77. The zero-order chi connectivity index (χ0) is 24.4. The number of halogens is 1. The Morgan fingerprint density at radius 2 is 1.97 bits per heavy atom. The molecule has 0 radical (unpaired) electrons. The predicted molar refractivity (Wildman–Crippen MR) is 119 cm³/mol. The van der Waals surface area contributed by atoms with Crippen molar-refractivity contribution in [2.45, 2.75) is 77.7 Å². The van der Waals surface area contributed by atoms with Crippen molar-refractivity contribution in [2.75, 3.05) is 13.2 Å². The summed E-state index contributed by atoms with van der Waals surface area (Å²) < 4.78 is 28.5. The van der Waals surface area contributed by atoms with Crippen LogP contribution < -0.4 is 0 Å². The number of carbonyl (C=O) groups excluding carboxylic acids is 3. The molecule has 182 valence electrons. The summed E-state index contributed by atoms with van der Waals surface area (Å²) in [6, 6.07) is 0. The third-order valence-corrected chi connectivity index (χ3v) is 9.34. The van der Waals surface area contributed by atoms with Gasteiger partial charge in [0.05, 0.1) is 6.10 Å². The number of hydrogen-bond donors (Lipinski definition) is 1. The van der Waals surface area contributed by atoms with Crippen molar-refractivity contribution in [1.29, 1.82) is 0 Å². The molecule has 6 nitrogen and oxygen atoms in total. The second-order valence-corrected chi connectivity index (χ2v) is 10.8. The highest BCUT2D eigenvalue weighted by atomic mass is 19.1. The van der Waals surface area contributed by atoms with Gasteiger partial charge in [-0.3, -0.25) is 14.4 Å². The molecule has 0 bridgehead atoms. The minimum atomic E-state index is -1.99. The van der Waals surface area contributed by atoms with Crippen LogP contribution in [0.5, 0.6) is 0 Å². The van der Waals surface area contributed by atoms with Crippen LogP contribution in [0.3, 0.4) is 0 Å². The van der Waals surface area contributed by atoms with E-state index in [2.05, 4.69) is 0 Å². The number of carbonyl (C=O) groups is 3. The summed E-state index contributed by atoms with van der Waals surface area (Å²) in [7, 11) is 0. The van der Waals surface area contributed by atoms with E-state index in [0.29, 0.717) is 31.4 Å². The number of ether oxygens (including phenoxy) is 2. The fourth-order valence-corrected chi connectivity index (χ4v) is 7.93. The van der Waals surface area contributed by atoms with Gasteiger partial charge in [-0.25, -0.2) is 4.39 Å². The summed E-state index contributed by atoms with van der Waals surface area (Å²) in [6.07, 6.45) is 4.59. The molecule has 0 amide bonds. The first kappa shape index (κ1) is 24.3. The van der Waals surface area contributed by atoms with Crippen LogP contribution >= 0.6 is 0 Å². The SMILES string of the molecule is CCOCC(=O)[C@@]1(OC(C)=O)[C@H](C)C[C@H]2[C@@H]3CCC4=CC(=O)C=C[C@]4(C)[C@@]3(F)[C@@H](O)C[C@@]21C. The zero-order valence-corrected chi connectivity index (χ0v) is 20.2. The summed E-state index contributed by atoms with van der Waals surface area (Å²) in [4.78, 5) is 37.8. The number of esters is 1. The van der Waals surface area contributed by atoms with Crippen molar-refractivity contribution in [3.8, 4) is 0 Å². The summed E-state index contributed by atoms with van der Waals surface area (Å²) in [5.41, 5.74) is -4.82. The van der Waals surface area contributed by atoms with Crippen LogP contribution in [0.15, 0.2) is 23.8 Å². The van der Waals surface area contributed by atoms with Gasteiger partial charge in [0.1, 0.15) is 6.61 Å². The Balaban J connectivity index is 1.83. The molecule has 0 saturated heterocycles. The van der Waals surface area contributed by atoms with Crippen molar-refractivity contribution in [2.24, 2.45) is 28.6 Å². The molecule has 8 atom stereocenters. The first-order valence-corrected chi connectivity index (χ1v) is 12.0. The van der Waals surface area contributed by atoms with Crippen molar-refractivity contribution in [3.05, 3.63) is 23.8 Å². The van der Waals surface area contributed by atoms with Crippen LogP contribution in [0.1, 0.15) is 60.3 Å². The van der Waals surface area contributed by atoms with Crippen LogP contribution in [0.4, 0.5) is 4.39 Å². The largest absolute Gasteiger partial charge is 0.450 e. The predicted octanol–water partition coefficient (Wildman–Crippen LogP) is 3.51. The van der Waals surface area contributed by atoms with E-state index in [4.69, 9.17) is 9.47 Å². The molecule has 7 heteroatoms. The van der Waals surface area contributed by atoms with Crippen molar-refractivity contribution in [3.63, 3.8) is 0 Å². The molecule has 0 aromatic carbocycles. The molecule has 3 saturated carbocycles. The van der Waals surface area contributed by atoms with Crippen LogP contribution in [0.25, 0.3) is 0 Å². The lowest BCUT2D eigenvalue weighted by Crippen LogP contribution is -2.70. The Hall–Kier alpha value is -1.86. The van der Waals surface area contributed by atoms with Gasteiger partial charge >= 0.3 is 5.97 Å². The molecule has 0 heterocycles. The number of alkyl halides is 1. The Labute approximate surface area is 194 Å². The molecule has 0 spiro atoms. The van der Waals surface area contributed by atoms with Crippen molar-refractivity contribution < 1.29 is 33.4 Å². The van der Waals surface area contributed by atoms with Gasteiger partial charge < -0.3 is 14.6 Å². The molecule has 4 aliphatic rings.